The van der Waals surface area contributed by atoms with Crippen LogP contribution in [0.4, 0.5) is 0 Å². The van der Waals surface area contributed by atoms with E-state index < -0.39 is 8.56 Å². The smallest absolute Gasteiger partial charge is 0.331 e. The minimum atomic E-state index is -1.83. The van der Waals surface area contributed by atoms with Gasteiger partial charge in [-0.2, -0.15) is 0 Å². The van der Waals surface area contributed by atoms with Crippen molar-refractivity contribution in [3.8, 4) is 0 Å². The molecule has 0 atom stereocenters. The molecular formula is C13H30O2Si. The molecule has 0 rings (SSSR count). The highest BCUT2D eigenvalue weighted by molar-refractivity contribution is 6.64. The third kappa shape index (κ3) is 10.6. The van der Waals surface area contributed by atoms with Crippen molar-refractivity contribution in [2.45, 2.75) is 66.0 Å². The molecule has 0 aliphatic carbocycles. The van der Waals surface area contributed by atoms with Gasteiger partial charge in [0.15, 0.2) is 0 Å². The van der Waals surface area contributed by atoms with E-state index >= 15 is 0 Å². The highest BCUT2D eigenvalue weighted by atomic mass is 28.4. The van der Waals surface area contributed by atoms with Crippen LogP contribution in [0.3, 0.4) is 0 Å². The molecule has 0 N–H and O–H groups in total. The summed E-state index contributed by atoms with van der Waals surface area (Å²) >= 11 is 0. The maximum Gasteiger partial charge on any atom is 0.331 e. The fourth-order valence-electron chi connectivity index (χ4n) is 1.52. The third-order valence-electron chi connectivity index (χ3n) is 2.57. The molecule has 0 aromatic carbocycles. The van der Waals surface area contributed by atoms with Crippen molar-refractivity contribution < 1.29 is 8.85 Å². The normalized spacial score (nSPS) is 12.4. The largest absolute Gasteiger partial charge is 0.395 e. The SMILES string of the molecule is CCCCCO[Si](C)(C)OCCCC(C)C. The third-order valence-corrected chi connectivity index (χ3v) is 4.37. The van der Waals surface area contributed by atoms with E-state index in [1.165, 1.54) is 25.7 Å². The Balaban J connectivity index is 3.46. The van der Waals surface area contributed by atoms with Crippen LogP contribution >= 0.6 is 0 Å². The van der Waals surface area contributed by atoms with Gasteiger partial charge in [-0.25, -0.2) is 0 Å². The molecule has 0 bridgehead atoms. The molecule has 0 saturated carbocycles. The fourth-order valence-corrected chi connectivity index (χ4v) is 2.88. The van der Waals surface area contributed by atoms with Crippen LogP contribution < -0.4 is 0 Å². The van der Waals surface area contributed by atoms with Crippen LogP contribution in [0.2, 0.25) is 13.1 Å². The van der Waals surface area contributed by atoms with Crippen LogP contribution in [-0.2, 0) is 8.85 Å². The molecule has 16 heavy (non-hydrogen) atoms. The van der Waals surface area contributed by atoms with E-state index in [1.54, 1.807) is 0 Å². The summed E-state index contributed by atoms with van der Waals surface area (Å²) in [5.41, 5.74) is 0. The number of unbranched alkanes of at least 4 members (excludes halogenated alkanes) is 2. The molecule has 2 nitrogen and oxygen atoms in total. The first-order valence-corrected chi connectivity index (χ1v) is 9.57. The van der Waals surface area contributed by atoms with Crippen LogP contribution in [-0.4, -0.2) is 21.8 Å². The van der Waals surface area contributed by atoms with Crippen molar-refractivity contribution in [1.29, 1.82) is 0 Å². The minimum Gasteiger partial charge on any atom is -0.395 e. The zero-order valence-corrected chi connectivity index (χ0v) is 12.8. The molecule has 0 fully saturated rings. The molecule has 0 aromatic heterocycles. The predicted octanol–water partition coefficient (Wildman–Crippen LogP) is 4.35. The van der Waals surface area contributed by atoms with Crippen LogP contribution in [0, 0.1) is 5.92 Å². The highest BCUT2D eigenvalue weighted by Gasteiger charge is 2.23. The second kappa shape index (κ2) is 9.20. The Hall–Kier alpha value is 0.137. The summed E-state index contributed by atoms with van der Waals surface area (Å²) in [6, 6.07) is 0. The monoisotopic (exact) mass is 246 g/mol. The number of hydrogen-bond acceptors (Lipinski definition) is 2. The topological polar surface area (TPSA) is 18.5 Å². The molecular weight excluding hydrogens is 216 g/mol. The van der Waals surface area contributed by atoms with E-state index in [0.717, 1.165) is 25.6 Å². The maximum absolute atomic E-state index is 5.88. The van der Waals surface area contributed by atoms with Crippen molar-refractivity contribution in [3.05, 3.63) is 0 Å². The Morgan fingerprint density at radius 3 is 2.00 bits per heavy atom. The van der Waals surface area contributed by atoms with Gasteiger partial charge in [0.1, 0.15) is 0 Å². The molecule has 3 heteroatoms. The second-order valence-corrected chi connectivity index (χ2v) is 8.72. The molecule has 0 aliphatic heterocycles. The molecule has 0 amide bonds. The zero-order chi connectivity index (χ0) is 12.4. The molecule has 0 radical (unpaired) electrons. The Morgan fingerprint density at radius 2 is 1.50 bits per heavy atom. The molecule has 0 unspecified atom stereocenters. The van der Waals surface area contributed by atoms with E-state index in [2.05, 4.69) is 33.9 Å². The van der Waals surface area contributed by atoms with E-state index in [4.69, 9.17) is 8.85 Å². The van der Waals surface area contributed by atoms with Crippen LogP contribution in [0.1, 0.15) is 52.9 Å². The van der Waals surface area contributed by atoms with Gasteiger partial charge in [-0.3, -0.25) is 0 Å². The van der Waals surface area contributed by atoms with E-state index in [1.807, 2.05) is 0 Å². The average molecular weight is 246 g/mol. The Kier molecular flexibility index (Phi) is 9.28. The van der Waals surface area contributed by atoms with Crippen molar-refractivity contribution in [1.82, 2.24) is 0 Å². The molecule has 0 saturated heterocycles. The van der Waals surface area contributed by atoms with Gasteiger partial charge in [0.2, 0.25) is 0 Å². The maximum atomic E-state index is 5.88. The zero-order valence-electron chi connectivity index (χ0n) is 11.8. The highest BCUT2D eigenvalue weighted by Crippen LogP contribution is 2.11. The van der Waals surface area contributed by atoms with Gasteiger partial charge in [-0.1, -0.05) is 33.6 Å². The molecule has 98 valence electrons. The molecule has 0 heterocycles. The van der Waals surface area contributed by atoms with E-state index in [9.17, 15) is 0 Å². The van der Waals surface area contributed by atoms with Crippen molar-refractivity contribution >= 4 is 8.56 Å². The summed E-state index contributed by atoms with van der Waals surface area (Å²) < 4.78 is 11.7. The Morgan fingerprint density at radius 1 is 0.938 bits per heavy atom. The first-order valence-electron chi connectivity index (χ1n) is 6.76. The van der Waals surface area contributed by atoms with Gasteiger partial charge in [0.25, 0.3) is 0 Å². The summed E-state index contributed by atoms with van der Waals surface area (Å²) in [5, 5.41) is 0. The summed E-state index contributed by atoms with van der Waals surface area (Å²) in [7, 11) is -1.83. The van der Waals surface area contributed by atoms with Gasteiger partial charge in [-0.15, -0.1) is 0 Å². The van der Waals surface area contributed by atoms with E-state index in [-0.39, 0.29) is 0 Å². The standard InChI is InChI=1S/C13H30O2Si/c1-6-7-8-11-14-16(4,5)15-12-9-10-13(2)3/h13H,6-12H2,1-5H3. The predicted molar refractivity (Wildman–Crippen MR) is 73.0 cm³/mol. The minimum absolute atomic E-state index is 0.777. The Labute approximate surface area is 103 Å². The quantitative estimate of drug-likeness (QED) is 0.421. The van der Waals surface area contributed by atoms with Crippen molar-refractivity contribution in [2.24, 2.45) is 5.92 Å². The summed E-state index contributed by atoms with van der Waals surface area (Å²) in [6.07, 6.45) is 6.09. The lowest BCUT2D eigenvalue weighted by atomic mass is 10.1. The number of hydrogen-bond donors (Lipinski definition) is 0. The fraction of sp³-hybridized carbons (Fsp3) is 1.00. The van der Waals surface area contributed by atoms with Crippen molar-refractivity contribution in [2.75, 3.05) is 13.2 Å². The summed E-state index contributed by atoms with van der Waals surface area (Å²) in [6.45, 7) is 12.8. The van der Waals surface area contributed by atoms with Gasteiger partial charge in [-0.05, 0) is 38.3 Å². The van der Waals surface area contributed by atoms with Gasteiger partial charge in [0, 0.05) is 13.2 Å². The van der Waals surface area contributed by atoms with Crippen molar-refractivity contribution in [3.63, 3.8) is 0 Å². The number of rotatable bonds is 10. The molecule has 0 aliphatic rings. The molecule has 0 aromatic rings. The van der Waals surface area contributed by atoms with Gasteiger partial charge >= 0.3 is 8.56 Å². The lowest BCUT2D eigenvalue weighted by Crippen LogP contribution is -2.35. The second-order valence-electron chi connectivity index (χ2n) is 5.34. The first kappa shape index (κ1) is 16.1. The Bertz CT molecular complexity index is 158. The lowest BCUT2D eigenvalue weighted by Gasteiger charge is -2.23. The van der Waals surface area contributed by atoms with Gasteiger partial charge < -0.3 is 8.85 Å². The average Bonchev–Trinajstić information content (AvgIpc) is 2.19. The lowest BCUT2D eigenvalue weighted by molar-refractivity contribution is 0.171. The summed E-state index contributed by atoms with van der Waals surface area (Å²) in [4.78, 5) is 0. The van der Waals surface area contributed by atoms with Crippen LogP contribution in [0.25, 0.3) is 0 Å². The first-order chi connectivity index (χ1) is 7.48. The van der Waals surface area contributed by atoms with Crippen LogP contribution in [0.15, 0.2) is 0 Å². The van der Waals surface area contributed by atoms with E-state index in [0.29, 0.717) is 0 Å². The molecule has 0 spiro atoms. The van der Waals surface area contributed by atoms with Crippen LogP contribution in [0.5, 0.6) is 0 Å². The van der Waals surface area contributed by atoms with Gasteiger partial charge in [0.05, 0.1) is 0 Å². The summed E-state index contributed by atoms with van der Waals surface area (Å²) in [5.74, 6) is 0.777.